The predicted octanol–water partition coefficient (Wildman–Crippen LogP) is 3.41. The largest absolute Gasteiger partial charge is 0.511 e. The Morgan fingerprint density at radius 3 is 2.61 bits per heavy atom. The molecule has 3 rings (SSSR count). The minimum atomic E-state index is -0.907. The van der Waals surface area contributed by atoms with Crippen molar-refractivity contribution in [1.29, 1.82) is 0 Å². The van der Waals surface area contributed by atoms with Gasteiger partial charge in [-0.25, -0.2) is 0 Å². The van der Waals surface area contributed by atoms with Crippen molar-refractivity contribution in [2.24, 2.45) is 29.1 Å². The number of aliphatic hydroxyl groups excluding tert-OH is 2. The van der Waals surface area contributed by atoms with E-state index in [2.05, 4.69) is 26.0 Å². The topological polar surface area (TPSA) is 77.8 Å². The van der Waals surface area contributed by atoms with Gasteiger partial charge >= 0.3 is 0 Å². The van der Waals surface area contributed by atoms with Crippen molar-refractivity contribution in [3.63, 3.8) is 0 Å². The van der Waals surface area contributed by atoms with Crippen LogP contribution >= 0.6 is 0 Å². The van der Waals surface area contributed by atoms with E-state index < -0.39 is 29.8 Å². The Hall–Kier alpha value is -1.88. The molecule has 0 spiro atoms. The number of Topliss-reactive ketones (excluding diaryl/α,β-unsaturated/α-hetero) is 1. The Balaban J connectivity index is 2.19. The standard InChI is InChI=1S/C23H33NO4/c1-6-7-16-14(3)11-15-10-13(2)8-9-17(15)23(16,4)21(27)19-20(26)18(12-25)24(5)22(19)28/h6-7,11,13,15-18,25,27H,8-10,12H2,1-5H3/b7-6+,21-19+. The summed E-state index contributed by atoms with van der Waals surface area (Å²) in [5.41, 5.74) is 0.320. The summed E-state index contributed by atoms with van der Waals surface area (Å²) in [6.07, 6.45) is 9.49. The van der Waals surface area contributed by atoms with Crippen LogP contribution in [0.1, 0.15) is 47.0 Å². The van der Waals surface area contributed by atoms with Crippen molar-refractivity contribution >= 4 is 11.7 Å². The molecule has 5 nitrogen and oxygen atoms in total. The molecule has 0 aromatic heterocycles. The van der Waals surface area contributed by atoms with Gasteiger partial charge < -0.3 is 15.1 Å². The second-order valence-electron chi connectivity index (χ2n) is 9.09. The smallest absolute Gasteiger partial charge is 0.261 e. The van der Waals surface area contributed by atoms with Gasteiger partial charge in [-0.15, -0.1) is 0 Å². The summed E-state index contributed by atoms with van der Waals surface area (Å²) in [6.45, 7) is 7.87. The summed E-state index contributed by atoms with van der Waals surface area (Å²) in [5.74, 6) is -0.00149. The highest BCUT2D eigenvalue weighted by Crippen LogP contribution is 2.58. The SMILES string of the molecule is C/C=C/C1C(C)=CC2CC(C)CCC2C1(C)/C(O)=C1/C(=O)C(CO)N(C)C1=O. The van der Waals surface area contributed by atoms with Crippen LogP contribution in [-0.2, 0) is 9.59 Å². The van der Waals surface area contributed by atoms with Crippen LogP contribution < -0.4 is 0 Å². The number of likely N-dealkylation sites (N-methyl/N-ethyl adjacent to an activating group) is 1. The third-order valence-electron chi connectivity index (χ3n) is 7.40. The van der Waals surface area contributed by atoms with E-state index in [0.29, 0.717) is 11.8 Å². The van der Waals surface area contributed by atoms with E-state index in [1.807, 2.05) is 19.9 Å². The van der Waals surface area contributed by atoms with E-state index in [4.69, 9.17) is 0 Å². The van der Waals surface area contributed by atoms with Crippen molar-refractivity contribution in [3.8, 4) is 0 Å². The van der Waals surface area contributed by atoms with Crippen molar-refractivity contribution in [1.82, 2.24) is 4.90 Å². The maximum absolute atomic E-state index is 12.9. The molecular formula is C23H33NO4. The van der Waals surface area contributed by atoms with Gasteiger partial charge in [0.2, 0.25) is 0 Å². The quantitative estimate of drug-likeness (QED) is 0.337. The fourth-order valence-electron chi connectivity index (χ4n) is 5.82. The van der Waals surface area contributed by atoms with Crippen LogP contribution in [0.4, 0.5) is 0 Å². The van der Waals surface area contributed by atoms with Gasteiger partial charge in [0.15, 0.2) is 5.78 Å². The summed E-state index contributed by atoms with van der Waals surface area (Å²) in [5, 5.41) is 21.0. The molecule has 1 aliphatic heterocycles. The molecule has 2 N–H and O–H groups in total. The van der Waals surface area contributed by atoms with Crippen LogP contribution in [0.2, 0.25) is 0 Å². The number of ketones is 1. The first-order valence-corrected chi connectivity index (χ1v) is 10.3. The molecule has 28 heavy (non-hydrogen) atoms. The zero-order valence-electron chi connectivity index (χ0n) is 17.6. The second-order valence-corrected chi connectivity index (χ2v) is 9.09. The average molecular weight is 388 g/mol. The van der Waals surface area contributed by atoms with Crippen molar-refractivity contribution in [3.05, 3.63) is 35.1 Å². The van der Waals surface area contributed by atoms with Crippen LogP contribution in [0, 0.1) is 29.1 Å². The number of likely N-dealkylation sites (tertiary alicyclic amines) is 1. The molecule has 2 aliphatic carbocycles. The van der Waals surface area contributed by atoms with Crippen molar-refractivity contribution < 1.29 is 19.8 Å². The number of aliphatic hydroxyl groups is 2. The normalized spacial score (nSPS) is 40.7. The second kappa shape index (κ2) is 7.51. The van der Waals surface area contributed by atoms with Crippen molar-refractivity contribution in [2.75, 3.05) is 13.7 Å². The van der Waals surface area contributed by atoms with Crippen LogP contribution in [-0.4, -0.2) is 46.5 Å². The number of nitrogens with zero attached hydrogens (tertiary/aromatic N) is 1. The lowest BCUT2D eigenvalue weighted by Gasteiger charge is -2.52. The Morgan fingerprint density at radius 1 is 1.36 bits per heavy atom. The molecule has 0 bridgehead atoms. The number of amides is 1. The van der Waals surface area contributed by atoms with Gasteiger partial charge in [0.1, 0.15) is 17.4 Å². The van der Waals surface area contributed by atoms with E-state index in [1.54, 1.807) is 0 Å². The first-order valence-electron chi connectivity index (χ1n) is 10.3. The summed E-state index contributed by atoms with van der Waals surface area (Å²) in [7, 11) is 1.50. The Kier molecular flexibility index (Phi) is 5.59. The van der Waals surface area contributed by atoms with Gasteiger partial charge in [-0.05, 0) is 44.4 Å². The maximum Gasteiger partial charge on any atom is 0.261 e. The van der Waals surface area contributed by atoms with Crippen LogP contribution in [0.5, 0.6) is 0 Å². The van der Waals surface area contributed by atoms with E-state index in [9.17, 15) is 19.8 Å². The van der Waals surface area contributed by atoms with Gasteiger partial charge in [-0.3, -0.25) is 9.59 Å². The molecule has 1 amide bonds. The molecule has 1 saturated carbocycles. The lowest BCUT2D eigenvalue weighted by atomic mass is 9.52. The monoisotopic (exact) mass is 387 g/mol. The highest BCUT2D eigenvalue weighted by molar-refractivity contribution is 6.26. The van der Waals surface area contributed by atoms with Crippen LogP contribution in [0.25, 0.3) is 0 Å². The average Bonchev–Trinajstić information content (AvgIpc) is 2.86. The number of allylic oxidation sites excluding steroid dienone is 5. The molecule has 6 atom stereocenters. The van der Waals surface area contributed by atoms with Crippen LogP contribution in [0.3, 0.4) is 0 Å². The number of carbonyl (C=O) groups is 2. The molecule has 0 aromatic carbocycles. The first-order chi connectivity index (χ1) is 13.2. The maximum atomic E-state index is 12.9. The van der Waals surface area contributed by atoms with Gasteiger partial charge in [-0.1, -0.05) is 44.1 Å². The fraction of sp³-hybridized carbons (Fsp3) is 0.652. The van der Waals surface area contributed by atoms with Gasteiger partial charge in [-0.2, -0.15) is 0 Å². The molecule has 0 radical (unpaired) electrons. The molecule has 3 aliphatic rings. The lowest BCUT2D eigenvalue weighted by Crippen LogP contribution is -2.46. The molecular weight excluding hydrogens is 354 g/mol. The molecule has 154 valence electrons. The Bertz CT molecular complexity index is 765. The summed E-state index contributed by atoms with van der Waals surface area (Å²) >= 11 is 0. The number of hydrogen-bond donors (Lipinski definition) is 2. The zero-order valence-corrected chi connectivity index (χ0v) is 17.6. The van der Waals surface area contributed by atoms with E-state index in [1.165, 1.54) is 17.5 Å². The third kappa shape index (κ3) is 2.95. The number of fused-ring (bicyclic) bond motifs is 1. The number of hydrogen-bond acceptors (Lipinski definition) is 4. The number of rotatable bonds is 3. The third-order valence-corrected chi connectivity index (χ3v) is 7.40. The Labute approximate surface area is 167 Å². The highest BCUT2D eigenvalue weighted by Gasteiger charge is 2.55. The zero-order chi connectivity index (χ0) is 20.8. The Morgan fingerprint density at radius 2 is 2.04 bits per heavy atom. The molecule has 1 heterocycles. The van der Waals surface area contributed by atoms with Gasteiger partial charge in [0.05, 0.1) is 6.61 Å². The predicted molar refractivity (Wildman–Crippen MR) is 108 cm³/mol. The fourth-order valence-corrected chi connectivity index (χ4v) is 5.82. The summed E-state index contributed by atoms with van der Waals surface area (Å²) < 4.78 is 0. The first kappa shape index (κ1) is 20.8. The van der Waals surface area contributed by atoms with Gasteiger partial charge in [0, 0.05) is 18.4 Å². The molecule has 2 fully saturated rings. The minimum Gasteiger partial charge on any atom is -0.511 e. The molecule has 6 unspecified atom stereocenters. The molecule has 1 saturated heterocycles. The van der Waals surface area contributed by atoms with Crippen molar-refractivity contribution in [2.45, 2.75) is 53.0 Å². The number of carbonyl (C=O) groups excluding carboxylic acids is 2. The van der Waals surface area contributed by atoms with E-state index in [-0.39, 0.29) is 23.2 Å². The summed E-state index contributed by atoms with van der Waals surface area (Å²) in [4.78, 5) is 26.9. The summed E-state index contributed by atoms with van der Waals surface area (Å²) in [6, 6.07) is -0.907. The highest BCUT2D eigenvalue weighted by atomic mass is 16.3. The van der Waals surface area contributed by atoms with Gasteiger partial charge in [0.25, 0.3) is 5.91 Å². The van der Waals surface area contributed by atoms with E-state index >= 15 is 0 Å². The van der Waals surface area contributed by atoms with Crippen LogP contribution in [0.15, 0.2) is 35.1 Å². The van der Waals surface area contributed by atoms with E-state index in [0.717, 1.165) is 19.3 Å². The molecule has 5 heteroatoms. The lowest BCUT2D eigenvalue weighted by molar-refractivity contribution is -0.126. The minimum absolute atomic E-state index is 0.0706. The molecule has 0 aromatic rings.